The first-order valence-electron chi connectivity index (χ1n) is 10.8. The Morgan fingerprint density at radius 1 is 0.500 bits per heavy atom. The Morgan fingerprint density at radius 2 is 0.938 bits per heavy atom. The Labute approximate surface area is 187 Å². The van der Waals surface area contributed by atoms with Crippen LogP contribution in [0.25, 0.3) is 21.5 Å². The third-order valence-corrected chi connectivity index (χ3v) is 5.52. The molecule has 0 saturated carbocycles. The number of nitrogens with zero attached hydrogens (tertiary/aromatic N) is 3. The molecule has 0 bridgehead atoms. The van der Waals surface area contributed by atoms with Gasteiger partial charge in [-0.2, -0.15) is 0 Å². The van der Waals surface area contributed by atoms with Gasteiger partial charge in [0.15, 0.2) is 0 Å². The molecule has 0 aliphatic heterocycles. The van der Waals surface area contributed by atoms with Gasteiger partial charge >= 0.3 is 0 Å². The number of hydrogen-bond donors (Lipinski definition) is 0. The maximum absolute atomic E-state index is 4.66. The highest BCUT2D eigenvalue weighted by Crippen LogP contribution is 2.20. The van der Waals surface area contributed by atoms with Gasteiger partial charge in [-0.25, -0.2) is 4.98 Å². The normalized spacial score (nSPS) is 11.8. The molecular weight excluding hydrogens is 390 g/mol. The van der Waals surface area contributed by atoms with Crippen molar-refractivity contribution in [2.24, 2.45) is 9.98 Å². The van der Waals surface area contributed by atoms with Crippen LogP contribution in [0.1, 0.15) is 22.5 Å². The van der Waals surface area contributed by atoms with Crippen molar-refractivity contribution >= 4 is 34.0 Å². The van der Waals surface area contributed by atoms with Gasteiger partial charge in [-0.3, -0.25) is 9.98 Å². The fraction of sp³-hybridized carbons (Fsp3) is 0.0690. The van der Waals surface area contributed by atoms with Crippen molar-refractivity contribution in [1.29, 1.82) is 0 Å². The highest BCUT2D eigenvalue weighted by atomic mass is 14.8. The summed E-state index contributed by atoms with van der Waals surface area (Å²) in [4.78, 5) is 13.9. The van der Waals surface area contributed by atoms with E-state index in [9.17, 15) is 0 Å². The first-order valence-corrected chi connectivity index (χ1v) is 10.8. The SMILES string of the molecule is C(=NCc1cccc2ccccc12)c1cccc(C=NCc2cccc3ccccc23)n1. The third-order valence-electron chi connectivity index (χ3n) is 5.52. The molecule has 0 saturated heterocycles. The van der Waals surface area contributed by atoms with Crippen molar-refractivity contribution in [3.8, 4) is 0 Å². The second-order valence-corrected chi connectivity index (χ2v) is 7.70. The number of aliphatic imine (C=N–C) groups is 2. The summed E-state index contributed by atoms with van der Waals surface area (Å²) in [6.07, 6.45) is 3.67. The minimum atomic E-state index is 0.627. The lowest BCUT2D eigenvalue weighted by Gasteiger charge is -2.04. The van der Waals surface area contributed by atoms with Crippen LogP contribution < -0.4 is 0 Å². The highest BCUT2D eigenvalue weighted by Gasteiger charge is 2.00. The summed E-state index contributed by atoms with van der Waals surface area (Å²) in [6.45, 7) is 1.25. The van der Waals surface area contributed by atoms with Crippen molar-refractivity contribution in [3.63, 3.8) is 0 Å². The second-order valence-electron chi connectivity index (χ2n) is 7.70. The molecule has 0 amide bonds. The Hall–Kier alpha value is -4.11. The first-order chi connectivity index (χ1) is 15.9. The van der Waals surface area contributed by atoms with Crippen LogP contribution in [0.5, 0.6) is 0 Å². The summed E-state index contributed by atoms with van der Waals surface area (Å²) < 4.78 is 0. The van der Waals surface area contributed by atoms with Crippen molar-refractivity contribution in [2.75, 3.05) is 0 Å². The molecule has 3 heteroatoms. The minimum Gasteiger partial charge on any atom is -0.286 e. The van der Waals surface area contributed by atoms with Crippen molar-refractivity contribution < 1.29 is 0 Å². The van der Waals surface area contributed by atoms with Crippen LogP contribution in [0.15, 0.2) is 113 Å². The molecule has 4 aromatic carbocycles. The molecule has 0 fully saturated rings. The van der Waals surface area contributed by atoms with E-state index >= 15 is 0 Å². The molecule has 5 aromatic rings. The van der Waals surface area contributed by atoms with Gasteiger partial charge in [0.05, 0.1) is 24.5 Å². The maximum Gasteiger partial charge on any atom is 0.0815 e. The topological polar surface area (TPSA) is 37.6 Å². The van der Waals surface area contributed by atoms with Crippen LogP contribution in [0.2, 0.25) is 0 Å². The molecule has 0 radical (unpaired) electrons. The van der Waals surface area contributed by atoms with Crippen LogP contribution in [0.4, 0.5) is 0 Å². The number of hydrogen-bond acceptors (Lipinski definition) is 3. The highest BCUT2D eigenvalue weighted by molar-refractivity contribution is 5.87. The molecule has 0 atom stereocenters. The second kappa shape index (κ2) is 9.36. The van der Waals surface area contributed by atoms with Crippen LogP contribution in [0, 0.1) is 0 Å². The predicted molar refractivity (Wildman–Crippen MR) is 135 cm³/mol. The molecule has 1 heterocycles. The zero-order valence-electron chi connectivity index (χ0n) is 17.7. The van der Waals surface area contributed by atoms with E-state index in [0.29, 0.717) is 13.1 Å². The Bertz CT molecular complexity index is 1320. The molecule has 0 aliphatic carbocycles. The van der Waals surface area contributed by atoms with Gasteiger partial charge < -0.3 is 0 Å². The van der Waals surface area contributed by atoms with Crippen LogP contribution >= 0.6 is 0 Å². The van der Waals surface area contributed by atoms with Crippen LogP contribution in [-0.2, 0) is 13.1 Å². The number of rotatable bonds is 6. The Morgan fingerprint density at radius 3 is 1.47 bits per heavy atom. The smallest absolute Gasteiger partial charge is 0.0815 e. The maximum atomic E-state index is 4.66. The minimum absolute atomic E-state index is 0.627. The van der Waals surface area contributed by atoms with Crippen molar-refractivity contribution in [2.45, 2.75) is 13.1 Å². The van der Waals surface area contributed by atoms with Crippen LogP contribution in [-0.4, -0.2) is 17.4 Å². The number of benzene rings is 4. The van der Waals surface area contributed by atoms with Gasteiger partial charge in [-0.1, -0.05) is 91.0 Å². The summed E-state index contributed by atoms with van der Waals surface area (Å²) in [6, 6.07) is 35.4. The number of fused-ring (bicyclic) bond motifs is 2. The largest absolute Gasteiger partial charge is 0.286 e. The van der Waals surface area contributed by atoms with E-state index in [1.54, 1.807) is 0 Å². The van der Waals surface area contributed by atoms with E-state index in [-0.39, 0.29) is 0 Å². The van der Waals surface area contributed by atoms with E-state index in [0.717, 1.165) is 11.4 Å². The predicted octanol–water partition coefficient (Wildman–Crippen LogP) is 6.63. The van der Waals surface area contributed by atoms with Gasteiger partial charge in [0.1, 0.15) is 0 Å². The van der Waals surface area contributed by atoms with Gasteiger partial charge in [-0.05, 0) is 44.8 Å². The first kappa shape index (κ1) is 19.8. The lowest BCUT2D eigenvalue weighted by Crippen LogP contribution is -1.95. The third kappa shape index (κ3) is 4.47. The summed E-state index contributed by atoms with van der Waals surface area (Å²) >= 11 is 0. The molecule has 0 N–H and O–H groups in total. The van der Waals surface area contributed by atoms with Gasteiger partial charge in [0.2, 0.25) is 0 Å². The fourth-order valence-corrected chi connectivity index (χ4v) is 3.95. The number of pyridine rings is 1. The average Bonchev–Trinajstić information content (AvgIpc) is 2.85. The van der Waals surface area contributed by atoms with E-state index in [1.165, 1.54) is 32.7 Å². The molecule has 3 nitrogen and oxygen atoms in total. The van der Waals surface area contributed by atoms with Gasteiger partial charge in [-0.15, -0.1) is 0 Å². The molecule has 32 heavy (non-hydrogen) atoms. The summed E-state index contributed by atoms with van der Waals surface area (Å²) in [5, 5.41) is 4.97. The van der Waals surface area contributed by atoms with E-state index in [2.05, 4.69) is 99.9 Å². The molecular formula is C29H23N3. The summed E-state index contributed by atoms with van der Waals surface area (Å²) in [5.41, 5.74) is 4.10. The molecule has 1 aromatic heterocycles. The van der Waals surface area contributed by atoms with Gasteiger partial charge in [0.25, 0.3) is 0 Å². The lowest BCUT2D eigenvalue weighted by atomic mass is 10.0. The van der Waals surface area contributed by atoms with Crippen molar-refractivity contribution in [1.82, 2.24) is 4.98 Å². The van der Waals surface area contributed by atoms with E-state index in [1.807, 2.05) is 30.6 Å². The van der Waals surface area contributed by atoms with Crippen LogP contribution in [0.3, 0.4) is 0 Å². The molecule has 154 valence electrons. The monoisotopic (exact) mass is 413 g/mol. The average molecular weight is 414 g/mol. The van der Waals surface area contributed by atoms with E-state index in [4.69, 9.17) is 0 Å². The molecule has 0 aliphatic rings. The zero-order valence-corrected chi connectivity index (χ0v) is 17.7. The fourth-order valence-electron chi connectivity index (χ4n) is 3.95. The molecule has 0 unspecified atom stereocenters. The van der Waals surface area contributed by atoms with Crippen molar-refractivity contribution in [3.05, 3.63) is 126 Å². The number of aromatic nitrogens is 1. The standard InChI is InChI=1S/C29H23N3/c1-3-16-28-22(8-1)10-5-12-24(28)18-30-20-26-14-7-15-27(32-26)21-31-19-25-13-6-11-23-9-2-4-17-29(23)25/h1-17,20-21H,18-19H2. The summed E-state index contributed by atoms with van der Waals surface area (Å²) in [5.74, 6) is 0. The van der Waals surface area contributed by atoms with E-state index < -0.39 is 0 Å². The molecule has 5 rings (SSSR count). The summed E-state index contributed by atoms with van der Waals surface area (Å²) in [7, 11) is 0. The van der Waals surface area contributed by atoms with Gasteiger partial charge in [0, 0.05) is 12.4 Å². The Balaban J connectivity index is 1.28. The molecule has 0 spiro atoms. The lowest BCUT2D eigenvalue weighted by molar-refractivity contribution is 1.08. The quantitative estimate of drug-likeness (QED) is 0.288. The zero-order chi connectivity index (χ0) is 21.6. The Kier molecular flexibility index (Phi) is 5.80.